The summed E-state index contributed by atoms with van der Waals surface area (Å²) in [5, 5.41) is 0. The number of urea groups is 2. The molecule has 0 aliphatic carbocycles. The maximum absolute atomic E-state index is 12.2. The fraction of sp³-hybridized carbons (Fsp3) is 0.286. The highest BCUT2D eigenvalue weighted by atomic mass is 16.2. The van der Waals surface area contributed by atoms with Crippen LogP contribution in [0.2, 0.25) is 0 Å². The van der Waals surface area contributed by atoms with Crippen LogP contribution < -0.4 is 0 Å². The fourth-order valence-corrected chi connectivity index (χ4v) is 1.37. The molecule has 0 aromatic heterocycles. The first-order valence-electron chi connectivity index (χ1n) is 5.81. The molecule has 0 rings (SSSR count). The minimum atomic E-state index is -0.462. The van der Waals surface area contributed by atoms with E-state index in [1.54, 1.807) is 19.2 Å². The van der Waals surface area contributed by atoms with E-state index in [4.69, 9.17) is 0 Å². The molecule has 0 N–H and O–H groups in total. The molecule has 0 bridgehead atoms. The summed E-state index contributed by atoms with van der Waals surface area (Å²) in [4.78, 5) is 28.1. The lowest BCUT2D eigenvalue weighted by Gasteiger charge is -2.28. The molecule has 5 heteroatoms. The summed E-state index contributed by atoms with van der Waals surface area (Å²) < 4.78 is 0. The topological polar surface area (TPSA) is 43.9 Å². The second kappa shape index (κ2) is 8.74. The van der Waals surface area contributed by atoms with Gasteiger partial charge in [0.2, 0.25) is 0 Å². The highest BCUT2D eigenvalue weighted by Gasteiger charge is 2.25. The average Bonchev–Trinajstić information content (AvgIpc) is 2.41. The van der Waals surface area contributed by atoms with Crippen LogP contribution in [0.15, 0.2) is 50.7 Å². The molecule has 0 saturated heterocycles. The smallest absolute Gasteiger partial charge is 0.324 e. The molecular formula is C14H21N3O2. The van der Waals surface area contributed by atoms with Crippen LogP contribution in [-0.2, 0) is 0 Å². The summed E-state index contributed by atoms with van der Waals surface area (Å²) in [5.74, 6) is 0. The van der Waals surface area contributed by atoms with Gasteiger partial charge in [0.1, 0.15) is 0 Å². The normalized spacial score (nSPS) is 9.11. The molecule has 5 nitrogen and oxygen atoms in total. The second-order valence-corrected chi connectivity index (χ2v) is 3.76. The van der Waals surface area contributed by atoms with Gasteiger partial charge >= 0.3 is 12.1 Å². The first kappa shape index (κ1) is 16.7. The molecule has 0 spiro atoms. The fourth-order valence-electron chi connectivity index (χ4n) is 1.37. The van der Waals surface area contributed by atoms with E-state index >= 15 is 0 Å². The monoisotopic (exact) mass is 263 g/mol. The van der Waals surface area contributed by atoms with Crippen molar-refractivity contribution < 1.29 is 9.59 Å². The molecule has 0 unspecified atom stereocenters. The van der Waals surface area contributed by atoms with E-state index in [0.29, 0.717) is 6.54 Å². The Morgan fingerprint density at radius 1 is 0.895 bits per heavy atom. The van der Waals surface area contributed by atoms with E-state index in [0.717, 1.165) is 4.90 Å². The average molecular weight is 263 g/mol. The maximum Gasteiger partial charge on any atom is 0.332 e. The Bertz CT molecular complexity index is 377. The lowest BCUT2D eigenvalue weighted by molar-refractivity contribution is 0.156. The number of hydrogen-bond acceptors (Lipinski definition) is 2. The molecule has 0 aliphatic heterocycles. The zero-order valence-corrected chi connectivity index (χ0v) is 11.4. The number of hydrogen-bond donors (Lipinski definition) is 0. The Balaban J connectivity index is 5.06. The van der Waals surface area contributed by atoms with Crippen LogP contribution in [0.5, 0.6) is 0 Å². The second-order valence-electron chi connectivity index (χ2n) is 3.76. The molecule has 19 heavy (non-hydrogen) atoms. The molecule has 0 radical (unpaired) electrons. The SMILES string of the molecule is C=CCN(C)C(=O)N(CC=C)C(=O)N(C=C)CC=C. The number of rotatable bonds is 7. The molecule has 0 aromatic rings. The van der Waals surface area contributed by atoms with Crippen molar-refractivity contribution in [3.8, 4) is 0 Å². The van der Waals surface area contributed by atoms with E-state index in [1.807, 2.05) is 0 Å². The summed E-state index contributed by atoms with van der Waals surface area (Å²) in [7, 11) is 1.60. The molecule has 0 aromatic carbocycles. The van der Waals surface area contributed by atoms with E-state index in [-0.39, 0.29) is 13.1 Å². The van der Waals surface area contributed by atoms with Crippen molar-refractivity contribution in [1.82, 2.24) is 14.7 Å². The molecular weight excluding hydrogens is 242 g/mol. The minimum absolute atomic E-state index is 0.126. The summed E-state index contributed by atoms with van der Waals surface area (Å²) in [6.07, 6.45) is 6.00. The maximum atomic E-state index is 12.2. The summed E-state index contributed by atoms with van der Waals surface area (Å²) in [6, 6.07) is -0.878. The van der Waals surface area contributed by atoms with E-state index in [2.05, 4.69) is 26.3 Å². The van der Waals surface area contributed by atoms with E-state index < -0.39 is 12.1 Å². The third kappa shape index (κ3) is 4.83. The number of carbonyl (C=O) groups excluding carboxylic acids is 2. The molecule has 4 amide bonds. The van der Waals surface area contributed by atoms with Gasteiger partial charge in [0.05, 0.1) is 6.54 Å². The molecule has 104 valence electrons. The standard InChI is InChI=1S/C14H21N3O2/c1-6-10-15(5)13(18)17(12-8-3)14(19)16(9-4)11-7-2/h6-9H,1-4,10-12H2,5H3. The lowest BCUT2D eigenvalue weighted by atomic mass is 10.4. The Kier molecular flexibility index (Phi) is 7.68. The van der Waals surface area contributed by atoms with Crippen LogP contribution >= 0.6 is 0 Å². The Morgan fingerprint density at radius 3 is 1.84 bits per heavy atom. The van der Waals surface area contributed by atoms with Crippen molar-refractivity contribution in [2.24, 2.45) is 0 Å². The van der Waals surface area contributed by atoms with Crippen molar-refractivity contribution in [3.63, 3.8) is 0 Å². The van der Waals surface area contributed by atoms with Crippen molar-refractivity contribution in [2.45, 2.75) is 0 Å². The van der Waals surface area contributed by atoms with E-state index in [9.17, 15) is 9.59 Å². The quantitative estimate of drug-likeness (QED) is 0.662. The van der Waals surface area contributed by atoms with Crippen molar-refractivity contribution >= 4 is 12.1 Å². The van der Waals surface area contributed by atoms with Crippen LogP contribution in [0.4, 0.5) is 9.59 Å². The van der Waals surface area contributed by atoms with E-state index in [1.165, 1.54) is 22.1 Å². The molecule has 0 aliphatic rings. The van der Waals surface area contributed by atoms with Gasteiger partial charge in [-0.3, -0.25) is 4.90 Å². The van der Waals surface area contributed by atoms with Crippen molar-refractivity contribution in [2.75, 3.05) is 26.7 Å². The number of amides is 4. The number of carbonyl (C=O) groups is 2. The van der Waals surface area contributed by atoms with Gasteiger partial charge in [0.25, 0.3) is 0 Å². The number of likely N-dealkylation sites (N-methyl/N-ethyl adjacent to an activating group) is 1. The summed E-state index contributed by atoms with van der Waals surface area (Å²) in [6.45, 7) is 15.0. The van der Waals surface area contributed by atoms with Gasteiger partial charge in [0, 0.05) is 26.3 Å². The van der Waals surface area contributed by atoms with Gasteiger partial charge < -0.3 is 4.90 Å². The van der Waals surface area contributed by atoms with Crippen LogP contribution in [0.25, 0.3) is 0 Å². The molecule has 0 atom stereocenters. The number of imide groups is 1. The van der Waals surface area contributed by atoms with Gasteiger partial charge in [-0.25, -0.2) is 14.5 Å². The lowest BCUT2D eigenvalue weighted by Crippen LogP contribution is -2.49. The van der Waals surface area contributed by atoms with Crippen LogP contribution in [-0.4, -0.2) is 53.4 Å². The predicted octanol–water partition coefficient (Wildman–Crippen LogP) is 2.46. The molecule has 0 saturated carbocycles. The third-order valence-electron chi connectivity index (χ3n) is 2.29. The zero-order chi connectivity index (χ0) is 14.8. The minimum Gasteiger partial charge on any atom is -0.324 e. The van der Waals surface area contributed by atoms with Gasteiger partial charge in [0.15, 0.2) is 0 Å². The van der Waals surface area contributed by atoms with Crippen molar-refractivity contribution in [3.05, 3.63) is 50.7 Å². The Labute approximate surface area is 114 Å². The summed E-state index contributed by atoms with van der Waals surface area (Å²) >= 11 is 0. The van der Waals surface area contributed by atoms with Crippen LogP contribution in [0.3, 0.4) is 0 Å². The first-order valence-corrected chi connectivity index (χ1v) is 5.81. The van der Waals surface area contributed by atoms with Crippen molar-refractivity contribution in [1.29, 1.82) is 0 Å². The summed E-state index contributed by atoms with van der Waals surface area (Å²) in [5.41, 5.74) is 0. The Hall–Kier alpha value is -2.30. The largest absolute Gasteiger partial charge is 0.332 e. The first-order chi connectivity index (χ1) is 9.03. The van der Waals surface area contributed by atoms with Crippen LogP contribution in [0.1, 0.15) is 0 Å². The van der Waals surface area contributed by atoms with Gasteiger partial charge in [-0.05, 0) is 0 Å². The molecule has 0 heterocycles. The van der Waals surface area contributed by atoms with Gasteiger partial charge in [-0.2, -0.15) is 0 Å². The predicted molar refractivity (Wildman–Crippen MR) is 77.6 cm³/mol. The zero-order valence-electron chi connectivity index (χ0n) is 11.4. The Morgan fingerprint density at radius 2 is 1.42 bits per heavy atom. The highest BCUT2D eigenvalue weighted by Crippen LogP contribution is 2.05. The van der Waals surface area contributed by atoms with Gasteiger partial charge in [-0.1, -0.05) is 24.8 Å². The van der Waals surface area contributed by atoms with Crippen LogP contribution in [0, 0.1) is 0 Å². The third-order valence-corrected chi connectivity index (χ3v) is 2.29. The molecule has 0 fully saturated rings. The highest BCUT2D eigenvalue weighted by molar-refractivity contribution is 5.94. The number of nitrogens with zero attached hydrogens (tertiary/aromatic N) is 3. The van der Waals surface area contributed by atoms with Gasteiger partial charge in [-0.15, -0.1) is 19.7 Å².